The molecule has 0 atom stereocenters. The molecule has 1 aromatic rings. The van der Waals surface area contributed by atoms with Crippen molar-refractivity contribution in [2.75, 3.05) is 46.4 Å². The molecule has 1 N–H and O–H groups in total. The Hall–Kier alpha value is -1.23. The molecule has 1 aliphatic rings. The zero-order valence-electron chi connectivity index (χ0n) is 15.0. The molecule has 0 amide bonds. The number of hydrogen-bond acceptors (Lipinski definition) is 5. The van der Waals surface area contributed by atoms with Crippen molar-refractivity contribution in [1.29, 1.82) is 0 Å². The van der Waals surface area contributed by atoms with Gasteiger partial charge in [0.2, 0.25) is 0 Å². The molecule has 0 bridgehead atoms. The van der Waals surface area contributed by atoms with Gasteiger partial charge in [0.05, 0.1) is 20.0 Å². The van der Waals surface area contributed by atoms with Gasteiger partial charge in [-0.1, -0.05) is 0 Å². The fourth-order valence-corrected chi connectivity index (χ4v) is 3.22. The lowest BCUT2D eigenvalue weighted by Crippen LogP contribution is -2.45. The summed E-state index contributed by atoms with van der Waals surface area (Å²) in [5.41, 5.74) is 2.39. The molecule has 1 heterocycles. The third-order valence-electron chi connectivity index (χ3n) is 3.99. The molecule has 0 fully saturated rings. The molecule has 0 saturated carbocycles. The first-order chi connectivity index (χ1) is 11.4. The second-order valence-electron chi connectivity index (χ2n) is 5.75. The van der Waals surface area contributed by atoms with Crippen LogP contribution in [0.3, 0.4) is 0 Å². The van der Waals surface area contributed by atoms with Gasteiger partial charge >= 0.3 is 0 Å². The molecule has 2 rings (SSSR count). The maximum atomic E-state index is 11.3. The molecular weight excluding hydrogens is 457 g/mol. The van der Waals surface area contributed by atoms with Gasteiger partial charge < -0.3 is 19.7 Å². The molecular formula is C16H26IN3O4S. The Bertz CT molecular complexity index is 722. The molecule has 0 radical (unpaired) electrons. The number of sulfone groups is 1. The Labute approximate surface area is 166 Å². The summed E-state index contributed by atoms with van der Waals surface area (Å²) in [5.74, 6) is 2.24. The maximum Gasteiger partial charge on any atom is 0.193 e. The van der Waals surface area contributed by atoms with Crippen molar-refractivity contribution in [3.63, 3.8) is 0 Å². The number of methoxy groups -OCH3 is 2. The Kier molecular flexibility index (Phi) is 8.26. The van der Waals surface area contributed by atoms with Crippen LogP contribution in [0.5, 0.6) is 11.5 Å². The van der Waals surface area contributed by atoms with Crippen molar-refractivity contribution in [2.24, 2.45) is 4.99 Å². The zero-order chi connectivity index (χ0) is 17.7. The third-order valence-corrected chi connectivity index (χ3v) is 4.93. The predicted molar refractivity (Wildman–Crippen MR) is 110 cm³/mol. The average molecular weight is 483 g/mol. The summed E-state index contributed by atoms with van der Waals surface area (Å²) < 4.78 is 33.2. The van der Waals surface area contributed by atoms with Crippen molar-refractivity contribution >= 4 is 39.8 Å². The highest BCUT2D eigenvalue weighted by Gasteiger charge is 2.21. The molecule has 9 heteroatoms. The van der Waals surface area contributed by atoms with E-state index in [1.807, 2.05) is 12.1 Å². The van der Waals surface area contributed by atoms with Crippen LogP contribution in [-0.4, -0.2) is 65.6 Å². The highest BCUT2D eigenvalue weighted by Crippen LogP contribution is 2.33. The number of halogens is 1. The minimum absolute atomic E-state index is 0. The predicted octanol–water partition coefficient (Wildman–Crippen LogP) is 1.30. The first-order valence-corrected chi connectivity index (χ1v) is 9.81. The van der Waals surface area contributed by atoms with Gasteiger partial charge in [0.25, 0.3) is 0 Å². The largest absolute Gasteiger partial charge is 0.493 e. The maximum absolute atomic E-state index is 11.3. The molecule has 0 aliphatic carbocycles. The van der Waals surface area contributed by atoms with E-state index < -0.39 is 9.84 Å². The van der Waals surface area contributed by atoms with Gasteiger partial charge in [0.1, 0.15) is 9.84 Å². The van der Waals surface area contributed by atoms with Crippen molar-refractivity contribution in [3.05, 3.63) is 23.3 Å². The van der Waals surface area contributed by atoms with Crippen molar-refractivity contribution in [3.8, 4) is 11.5 Å². The summed E-state index contributed by atoms with van der Waals surface area (Å²) >= 11 is 0. The number of aliphatic imine (C=N–C) groups is 1. The van der Waals surface area contributed by atoms with Crippen LogP contribution < -0.4 is 14.8 Å². The van der Waals surface area contributed by atoms with Gasteiger partial charge in [-0.2, -0.15) is 0 Å². The molecule has 1 aliphatic heterocycles. The summed E-state index contributed by atoms with van der Waals surface area (Å²) in [6, 6.07) is 4.01. The van der Waals surface area contributed by atoms with E-state index in [1.165, 1.54) is 11.8 Å². The summed E-state index contributed by atoms with van der Waals surface area (Å²) in [5, 5.41) is 3.12. The van der Waals surface area contributed by atoms with Crippen LogP contribution >= 0.6 is 24.0 Å². The number of fused-ring (bicyclic) bond motifs is 1. The summed E-state index contributed by atoms with van der Waals surface area (Å²) in [7, 11) is 1.96. The molecule has 0 spiro atoms. The van der Waals surface area contributed by atoms with E-state index in [0.717, 1.165) is 24.3 Å². The van der Waals surface area contributed by atoms with E-state index in [0.29, 0.717) is 24.8 Å². The first-order valence-electron chi connectivity index (χ1n) is 7.75. The van der Waals surface area contributed by atoms with Gasteiger partial charge in [-0.15, -0.1) is 24.0 Å². The number of guanidine groups is 1. The van der Waals surface area contributed by atoms with E-state index in [9.17, 15) is 8.42 Å². The van der Waals surface area contributed by atoms with E-state index in [1.54, 1.807) is 21.3 Å². The SMILES string of the molecule is CN=C(NCCS(C)(=O)=O)N1CCc2cc(OC)c(OC)cc2C1.I. The number of nitrogens with one attached hydrogen (secondary N) is 1. The minimum atomic E-state index is -2.99. The fraction of sp³-hybridized carbons (Fsp3) is 0.562. The Morgan fingerprint density at radius 2 is 1.84 bits per heavy atom. The van der Waals surface area contributed by atoms with E-state index >= 15 is 0 Å². The van der Waals surface area contributed by atoms with Crippen molar-refractivity contribution in [1.82, 2.24) is 10.2 Å². The van der Waals surface area contributed by atoms with Crippen LogP contribution in [0.2, 0.25) is 0 Å². The van der Waals surface area contributed by atoms with E-state index in [4.69, 9.17) is 9.47 Å². The number of nitrogens with zero attached hydrogens (tertiary/aromatic N) is 2. The highest BCUT2D eigenvalue weighted by molar-refractivity contribution is 14.0. The highest BCUT2D eigenvalue weighted by atomic mass is 127. The van der Waals surface area contributed by atoms with Crippen LogP contribution in [0.1, 0.15) is 11.1 Å². The first kappa shape index (κ1) is 21.8. The second kappa shape index (κ2) is 9.46. The minimum Gasteiger partial charge on any atom is -0.493 e. The number of ether oxygens (including phenoxy) is 2. The number of benzene rings is 1. The quantitative estimate of drug-likeness (QED) is 0.387. The standard InChI is InChI=1S/C16H25N3O4S.HI/c1-17-16(18-6-8-24(4,20)21)19-7-5-12-9-14(22-2)15(23-3)10-13(12)11-19;/h9-10H,5-8,11H2,1-4H3,(H,17,18);1H. The third kappa shape index (κ3) is 5.91. The van der Waals surface area contributed by atoms with Gasteiger partial charge in [-0.25, -0.2) is 8.42 Å². The second-order valence-corrected chi connectivity index (χ2v) is 8.01. The summed E-state index contributed by atoms with van der Waals surface area (Å²) in [6.45, 7) is 1.84. The van der Waals surface area contributed by atoms with Gasteiger partial charge in [-0.05, 0) is 29.7 Å². The molecule has 142 valence electrons. The van der Waals surface area contributed by atoms with Gasteiger partial charge in [0.15, 0.2) is 17.5 Å². The molecule has 0 aromatic heterocycles. The molecule has 7 nitrogen and oxygen atoms in total. The van der Waals surface area contributed by atoms with Gasteiger partial charge in [-0.3, -0.25) is 4.99 Å². The topological polar surface area (TPSA) is 80.2 Å². The van der Waals surface area contributed by atoms with Crippen LogP contribution in [0.15, 0.2) is 17.1 Å². The molecule has 25 heavy (non-hydrogen) atoms. The van der Waals surface area contributed by atoms with Crippen molar-refractivity contribution < 1.29 is 17.9 Å². The Morgan fingerprint density at radius 1 is 1.24 bits per heavy atom. The van der Waals surface area contributed by atoms with Crippen LogP contribution in [0.4, 0.5) is 0 Å². The molecule has 0 saturated heterocycles. The summed E-state index contributed by atoms with van der Waals surface area (Å²) in [6.07, 6.45) is 2.09. The smallest absolute Gasteiger partial charge is 0.193 e. The monoisotopic (exact) mass is 483 g/mol. The number of hydrogen-bond donors (Lipinski definition) is 1. The molecule has 1 aromatic carbocycles. The zero-order valence-corrected chi connectivity index (χ0v) is 18.2. The Morgan fingerprint density at radius 3 is 2.36 bits per heavy atom. The van der Waals surface area contributed by atoms with Gasteiger partial charge in [0, 0.05) is 32.9 Å². The van der Waals surface area contributed by atoms with Crippen molar-refractivity contribution in [2.45, 2.75) is 13.0 Å². The lowest BCUT2D eigenvalue weighted by molar-refractivity contribution is 0.346. The van der Waals surface area contributed by atoms with Crippen LogP contribution in [0, 0.1) is 0 Å². The van der Waals surface area contributed by atoms with E-state index in [2.05, 4.69) is 15.2 Å². The molecule has 0 unspecified atom stereocenters. The summed E-state index contributed by atoms with van der Waals surface area (Å²) in [4.78, 5) is 6.37. The Balaban J connectivity index is 0.00000312. The normalized spacial score (nSPS) is 14.4. The van der Waals surface area contributed by atoms with E-state index in [-0.39, 0.29) is 29.7 Å². The van der Waals surface area contributed by atoms with Crippen LogP contribution in [-0.2, 0) is 22.8 Å². The van der Waals surface area contributed by atoms with Crippen LogP contribution in [0.25, 0.3) is 0 Å². The lowest BCUT2D eigenvalue weighted by Gasteiger charge is -2.32. The lowest BCUT2D eigenvalue weighted by atomic mass is 9.99. The number of rotatable bonds is 5. The fourth-order valence-electron chi connectivity index (χ4n) is 2.74. The average Bonchev–Trinajstić information content (AvgIpc) is 2.56.